The number of hydrazine groups is 1. The van der Waals surface area contributed by atoms with Crippen LogP contribution in [0.2, 0.25) is 0 Å². The van der Waals surface area contributed by atoms with Crippen molar-refractivity contribution in [3.05, 3.63) is 325 Å². The highest BCUT2D eigenvalue weighted by atomic mass is 32.1. The molecule has 7 aromatic heterocycles. The monoisotopic (exact) mass is 1490 g/mol. The van der Waals surface area contributed by atoms with Crippen LogP contribution in [-0.4, -0.2) is 48.0 Å². The highest BCUT2D eigenvalue weighted by Gasteiger charge is 2.34. The largest absolute Gasteiger partial charge is 0.469 e. The number of halogens is 4. The zero-order valence-electron chi connectivity index (χ0n) is 68.8. The summed E-state index contributed by atoms with van der Waals surface area (Å²) in [6.45, 7) is 55.1. The number of thiophene rings is 1. The van der Waals surface area contributed by atoms with Crippen LogP contribution in [0.1, 0.15) is 167 Å². The van der Waals surface area contributed by atoms with Crippen molar-refractivity contribution in [3.8, 4) is 0 Å². The van der Waals surface area contributed by atoms with Gasteiger partial charge in [0.15, 0.2) is 5.69 Å². The Morgan fingerprint density at radius 1 is 0.547 bits per heavy atom. The third kappa shape index (κ3) is 38.1. The van der Waals surface area contributed by atoms with E-state index in [4.69, 9.17) is 10.2 Å². The van der Waals surface area contributed by atoms with E-state index >= 15 is 0 Å². The lowest BCUT2D eigenvalue weighted by Gasteiger charge is -2.13. The van der Waals surface area contributed by atoms with Gasteiger partial charge in [0.2, 0.25) is 0 Å². The van der Waals surface area contributed by atoms with E-state index in [2.05, 4.69) is 230 Å². The van der Waals surface area contributed by atoms with Crippen molar-refractivity contribution in [1.29, 1.82) is 0 Å². The number of nitrogens with two attached hydrogens (primary N) is 1. The van der Waals surface area contributed by atoms with Gasteiger partial charge in [-0.2, -0.15) is 18.3 Å². The average Bonchev–Trinajstić information content (AvgIpc) is 1.71. The number of nitrogen functional groups attached to an aromatic ring is 1. The molecule has 11 aromatic rings. The number of aromatic nitrogens is 6. The van der Waals surface area contributed by atoms with Gasteiger partial charge < -0.3 is 19.7 Å². The number of furan rings is 1. The number of alkyl halides is 3. The summed E-state index contributed by atoms with van der Waals surface area (Å²) in [5.74, 6) is 0.898. The number of nitrogens with one attached hydrogen (secondary N) is 1. The van der Waals surface area contributed by atoms with Gasteiger partial charge in [-0.15, -0.1) is 22.7 Å². The van der Waals surface area contributed by atoms with Gasteiger partial charge in [-0.05, 0) is 325 Å². The lowest BCUT2D eigenvalue weighted by molar-refractivity contribution is -0.141. The summed E-state index contributed by atoms with van der Waals surface area (Å²) in [4.78, 5) is 15.0. The molecule has 1 unspecified atom stereocenters. The Morgan fingerprint density at radius 2 is 1.09 bits per heavy atom. The van der Waals surface area contributed by atoms with Crippen molar-refractivity contribution >= 4 is 28.4 Å². The third-order valence-corrected chi connectivity index (χ3v) is 19.6. The maximum Gasteiger partial charge on any atom is 0.435 e. The van der Waals surface area contributed by atoms with E-state index in [0.717, 1.165) is 45.6 Å². The van der Waals surface area contributed by atoms with E-state index in [1.54, 1.807) is 55.1 Å². The molecule has 0 fully saturated rings. The Labute approximate surface area is 641 Å². The quantitative estimate of drug-likeness (QED) is 0.112. The zero-order chi connectivity index (χ0) is 80.6. The number of allylic oxidation sites excluding steroid dienone is 5. The Bertz CT molecular complexity index is 3900. The van der Waals surface area contributed by atoms with E-state index in [1.165, 1.54) is 128 Å². The minimum absolute atomic E-state index is 0.116. The molecule has 17 heteroatoms. The smallest absolute Gasteiger partial charge is 0.435 e. The molecule has 13 rings (SSSR count). The van der Waals surface area contributed by atoms with E-state index in [-0.39, 0.29) is 5.82 Å². The molecule has 0 radical (unpaired) electrons. The standard InChI is InChI=1S/C9H12.C8H9F.C8H11N.C8H10.2C7H9N.C7H10.C6H7F3N2.C6H12N2.C6H9NS.C6H8O.C6H8S.C5H7NO/c1-7-5-4-6-8(2)9(7)3;2*1-6-4-3-5-8(9)7(6)2;1-7-5-3-4-6-8(7)2;1-6-3-4-8-5-7(6)2;1-6-4-3-5-8-7(6)2;1-6-4-3-5-7(6)2;1-4-3-5(6(7,8)9)10-11(4)2;1-5-4-6(2)8(3)7-5;1-4-5(2)8-6(3)7-4;2*1-5-3-4-7-6(5)2;1-4-3-7-6-5(4)2/h4-6H,1-3H3;3-5H,1-2H3;3-5H,9H2,1-2H3;3-6H,1-2H3;2*3-5H,1-2H3;3-4H,5H2,1-2H3;3H,1-2H3;4-5,7H,1-3H3;1-3H3;2*3-4H,1-2H3;3H,1-2H3. The van der Waals surface area contributed by atoms with Crippen molar-refractivity contribution in [2.24, 2.45) is 7.05 Å². The molecule has 4 aromatic carbocycles. The number of thiazole rings is 1. The van der Waals surface area contributed by atoms with Crippen molar-refractivity contribution in [3.63, 3.8) is 0 Å². The molecule has 3 N–H and O–H groups in total. The van der Waals surface area contributed by atoms with Gasteiger partial charge in [-0.3, -0.25) is 14.6 Å². The van der Waals surface area contributed by atoms with Gasteiger partial charge in [0, 0.05) is 76.8 Å². The van der Waals surface area contributed by atoms with Crippen LogP contribution in [0.3, 0.4) is 0 Å². The molecule has 0 amide bonds. The first-order chi connectivity index (χ1) is 49.6. The SMILES string of the molecule is CC1=C(C)CC=C1.CC1=CC(C)NN1C.Cc1cc(C(F)(F)F)nn1C.Cc1cccc(C)c1C.Cc1cccc(F)c1C.Cc1cccc(N)c1C.Cc1ccccc1C.Cc1cccnc1C.Cc1ccncc1C.Cc1ccoc1C.Cc1ccsc1C.Cc1conc1C.Cc1nc(C)c(C)s1. The number of nitrogens with zero attached hydrogens (tertiary/aromatic N) is 7. The summed E-state index contributed by atoms with van der Waals surface area (Å²) in [7, 11) is 3.50. The topological polar surface area (TPSA) is 137 Å². The fourth-order valence-corrected chi connectivity index (χ4v) is 9.91. The predicted molar refractivity (Wildman–Crippen MR) is 444 cm³/mol. The molecule has 11 nitrogen and oxygen atoms in total. The molecule has 1 aliphatic heterocycles. The van der Waals surface area contributed by atoms with Gasteiger partial charge in [0.25, 0.3) is 0 Å². The van der Waals surface area contributed by atoms with E-state index in [1.807, 2.05) is 129 Å². The van der Waals surface area contributed by atoms with Crippen LogP contribution in [0.4, 0.5) is 23.2 Å². The number of hydrogen-bond acceptors (Lipinski definition) is 12. The molecular formula is C89H121F4N9O2S2. The maximum absolute atomic E-state index is 12.6. The summed E-state index contributed by atoms with van der Waals surface area (Å²) >= 11 is 3.56. The molecule has 0 saturated carbocycles. The van der Waals surface area contributed by atoms with Gasteiger partial charge in [0.05, 0.1) is 22.7 Å². The van der Waals surface area contributed by atoms with Crippen LogP contribution in [-0.2, 0) is 13.2 Å². The minimum atomic E-state index is -4.33. The molecule has 1 aliphatic carbocycles. The fourth-order valence-electron chi connectivity index (χ4n) is 8.36. The van der Waals surface area contributed by atoms with Gasteiger partial charge in [-0.25, -0.2) is 14.8 Å². The summed E-state index contributed by atoms with van der Waals surface area (Å²) in [6.07, 6.45) is 12.2. The summed E-state index contributed by atoms with van der Waals surface area (Å²) < 4.78 is 59.1. The van der Waals surface area contributed by atoms with Gasteiger partial charge in [0.1, 0.15) is 17.8 Å². The molecule has 1 atom stereocenters. The normalized spacial score (nSPS) is 11.8. The number of hydrogen-bond donors (Lipinski definition) is 2. The van der Waals surface area contributed by atoms with Crippen LogP contribution >= 0.6 is 22.7 Å². The van der Waals surface area contributed by atoms with Crippen LogP contribution in [0, 0.1) is 165 Å². The lowest BCUT2D eigenvalue weighted by Crippen LogP contribution is -2.31. The number of benzene rings is 4. The molecule has 8 heterocycles. The van der Waals surface area contributed by atoms with Crippen molar-refractivity contribution in [2.45, 2.75) is 206 Å². The molecule has 0 saturated heterocycles. The number of aryl methyl sites for hydroxylation is 21. The van der Waals surface area contributed by atoms with Crippen LogP contribution in [0.15, 0.2) is 196 Å². The molecular weight excluding hydrogens is 1370 g/mol. The fraction of sp³-hybridized carbons (Fsp3) is 0.360. The maximum atomic E-state index is 12.6. The van der Waals surface area contributed by atoms with Crippen LogP contribution < -0.4 is 11.2 Å². The highest BCUT2D eigenvalue weighted by Crippen LogP contribution is 2.28. The predicted octanol–water partition coefficient (Wildman–Crippen LogP) is 25.0. The second-order valence-electron chi connectivity index (χ2n) is 26.4. The highest BCUT2D eigenvalue weighted by molar-refractivity contribution is 7.11. The van der Waals surface area contributed by atoms with Crippen LogP contribution in [0.25, 0.3) is 0 Å². The first-order valence-electron chi connectivity index (χ1n) is 35.3. The Kier molecular flexibility index (Phi) is 44.2. The molecule has 0 bridgehead atoms. The Morgan fingerprint density at radius 3 is 1.33 bits per heavy atom. The number of anilines is 1. The van der Waals surface area contributed by atoms with Crippen molar-refractivity contribution < 1.29 is 26.5 Å². The second kappa shape index (κ2) is 49.5. The zero-order valence-corrected chi connectivity index (χ0v) is 70.4. The minimum Gasteiger partial charge on any atom is -0.469 e. The first kappa shape index (κ1) is 94.7. The van der Waals surface area contributed by atoms with Crippen molar-refractivity contribution in [2.75, 3.05) is 12.8 Å². The molecule has 574 valence electrons. The average molecular weight is 1490 g/mol. The first-order valence-corrected chi connectivity index (χ1v) is 37.0. The number of rotatable bonds is 0. The molecule has 106 heavy (non-hydrogen) atoms. The molecule has 0 spiro atoms. The van der Waals surface area contributed by atoms with E-state index in [0.29, 0.717) is 11.7 Å². The summed E-state index contributed by atoms with van der Waals surface area (Å²) in [5.41, 5.74) is 35.6. The third-order valence-electron chi connectivity index (χ3n) is 17.7. The van der Waals surface area contributed by atoms with E-state index in [9.17, 15) is 17.6 Å². The lowest BCUT2D eigenvalue weighted by atomic mass is 10.1. The Hall–Kier alpha value is -9.29. The van der Waals surface area contributed by atoms with Crippen LogP contribution in [0.5, 0.6) is 0 Å². The summed E-state index contributed by atoms with van der Waals surface area (Å²) in [5, 5.41) is 12.2. The van der Waals surface area contributed by atoms with E-state index < -0.39 is 11.9 Å². The number of pyridine rings is 2. The van der Waals surface area contributed by atoms with Gasteiger partial charge >= 0.3 is 6.18 Å². The second-order valence-corrected chi connectivity index (χ2v) is 28.9. The van der Waals surface area contributed by atoms with Crippen molar-refractivity contribution in [1.82, 2.24) is 40.3 Å². The summed E-state index contributed by atoms with van der Waals surface area (Å²) in [6, 6.07) is 37.4. The molecule has 2 aliphatic rings. The Balaban J connectivity index is 0.000000575. The van der Waals surface area contributed by atoms with Gasteiger partial charge in [-0.1, -0.05) is 101 Å².